The summed E-state index contributed by atoms with van der Waals surface area (Å²) in [7, 11) is 1.56. The Bertz CT molecular complexity index is 1290. The number of piperidine rings is 1. The minimum Gasteiger partial charge on any atom is -0.361 e. The number of benzene rings is 2. The molecule has 10 nitrogen and oxygen atoms in total. The average Bonchev–Trinajstić information content (AvgIpc) is 3.37. The number of ether oxygens (including phenoxy) is 1. The summed E-state index contributed by atoms with van der Waals surface area (Å²) in [6.07, 6.45) is 4.80. The molecule has 1 fully saturated rings. The molecule has 2 aromatic carbocycles. The number of methoxy groups -OCH3 is 1. The Morgan fingerprint density at radius 2 is 2.08 bits per heavy atom. The van der Waals surface area contributed by atoms with E-state index in [-0.39, 0.29) is 29.2 Å². The fourth-order valence-corrected chi connectivity index (χ4v) is 5.47. The number of hydrogen-bond acceptors (Lipinski definition) is 8. The van der Waals surface area contributed by atoms with Crippen LogP contribution < -0.4 is 0 Å². The van der Waals surface area contributed by atoms with Gasteiger partial charge in [-0.25, -0.2) is 0 Å². The third kappa shape index (κ3) is 6.60. The van der Waals surface area contributed by atoms with Crippen LogP contribution in [0.2, 0.25) is 0 Å². The Balaban J connectivity index is 1.46. The topological polar surface area (TPSA) is 116 Å². The van der Waals surface area contributed by atoms with Gasteiger partial charge in [0, 0.05) is 43.2 Å². The van der Waals surface area contributed by atoms with E-state index in [4.69, 9.17) is 4.74 Å². The molecule has 3 aromatic rings. The van der Waals surface area contributed by atoms with Gasteiger partial charge in [-0.1, -0.05) is 49.9 Å². The molecule has 1 saturated heterocycles. The van der Waals surface area contributed by atoms with E-state index in [2.05, 4.69) is 29.3 Å². The predicted molar refractivity (Wildman–Crippen MR) is 140 cm³/mol. The van der Waals surface area contributed by atoms with Crippen molar-refractivity contribution in [3.05, 3.63) is 75.6 Å². The Kier molecular flexibility index (Phi) is 8.67. The van der Waals surface area contributed by atoms with Crippen molar-refractivity contribution in [2.45, 2.75) is 55.0 Å². The van der Waals surface area contributed by atoms with Gasteiger partial charge in [-0.05, 0) is 53.3 Å². The summed E-state index contributed by atoms with van der Waals surface area (Å²) in [5.41, 5.74) is 1.76. The highest BCUT2D eigenvalue weighted by molar-refractivity contribution is 7.99. The van der Waals surface area contributed by atoms with Crippen LogP contribution in [0.3, 0.4) is 0 Å². The summed E-state index contributed by atoms with van der Waals surface area (Å²) in [4.78, 5) is 29.1. The maximum atomic E-state index is 12.9. The fourth-order valence-electron chi connectivity index (χ4n) is 4.29. The molecule has 1 aliphatic rings. The van der Waals surface area contributed by atoms with Gasteiger partial charge >= 0.3 is 0 Å². The number of rotatable bonds is 9. The van der Waals surface area contributed by atoms with Crippen molar-refractivity contribution in [2.24, 2.45) is 0 Å². The molecule has 0 radical (unpaired) electrons. The molecule has 0 N–H and O–H groups in total. The van der Waals surface area contributed by atoms with Crippen molar-refractivity contribution in [1.82, 2.24) is 25.1 Å². The summed E-state index contributed by atoms with van der Waals surface area (Å²) in [5, 5.41) is 24.3. The smallest absolute Gasteiger partial charge is 0.283 e. The van der Waals surface area contributed by atoms with Crippen LogP contribution >= 0.6 is 11.8 Å². The van der Waals surface area contributed by atoms with E-state index in [1.807, 2.05) is 24.3 Å². The van der Waals surface area contributed by atoms with Crippen LogP contribution in [0.5, 0.6) is 0 Å². The van der Waals surface area contributed by atoms with Gasteiger partial charge in [0.25, 0.3) is 5.69 Å². The molecule has 37 heavy (non-hydrogen) atoms. The van der Waals surface area contributed by atoms with Gasteiger partial charge in [-0.15, -0.1) is 15.0 Å². The maximum absolute atomic E-state index is 12.9. The molecular weight excluding hydrogens is 492 g/mol. The lowest BCUT2D eigenvalue weighted by Crippen LogP contribution is -2.38. The van der Waals surface area contributed by atoms with Gasteiger partial charge in [-0.2, -0.15) is 0 Å². The van der Waals surface area contributed by atoms with E-state index < -0.39 is 0 Å². The van der Waals surface area contributed by atoms with Crippen LogP contribution in [-0.4, -0.2) is 56.1 Å². The molecule has 2 heterocycles. The second kappa shape index (κ2) is 12.1. The third-order valence-electron chi connectivity index (χ3n) is 6.17. The molecule has 0 aliphatic carbocycles. The van der Waals surface area contributed by atoms with Crippen molar-refractivity contribution < 1.29 is 14.5 Å². The molecule has 0 saturated carbocycles. The lowest BCUT2D eigenvalue weighted by atomic mass is 9.97. The monoisotopic (exact) mass is 522 g/mol. The van der Waals surface area contributed by atoms with Crippen molar-refractivity contribution in [2.75, 3.05) is 20.2 Å². The second-order valence-corrected chi connectivity index (χ2v) is 10.3. The summed E-state index contributed by atoms with van der Waals surface area (Å²) >= 11 is 1.39. The highest BCUT2D eigenvalue weighted by Crippen LogP contribution is 2.39. The minimum absolute atomic E-state index is 0.00261. The number of amides is 1. The van der Waals surface area contributed by atoms with E-state index in [1.54, 1.807) is 30.2 Å². The highest BCUT2D eigenvalue weighted by Gasteiger charge is 2.27. The standard InChI is InChI=1S/C26H30N6O4S/c1-18(2)21-8-4-5-9-23(21)37-24-12-10-19(15-22(24)32(34)35)11-13-25(33)30-14-6-7-20(16-30)26-27-29-31(28-26)17-36-3/h4-5,8-13,15,18,20H,6-7,14,16-17H2,1-3H3/b13-11+. The number of hydrogen-bond donors (Lipinski definition) is 0. The minimum atomic E-state index is -0.377. The number of nitro groups is 1. The molecule has 1 atom stereocenters. The molecule has 1 aromatic heterocycles. The number of nitrogens with zero attached hydrogens (tertiary/aromatic N) is 6. The molecule has 4 rings (SSSR count). The SMILES string of the molecule is COCn1nnc(C2CCCN(C(=O)/C=C/c3ccc(Sc4ccccc4C(C)C)c([N+](=O)[O-])c3)C2)n1. The number of likely N-dealkylation sites (tertiary alicyclic amines) is 1. The van der Waals surface area contributed by atoms with Crippen molar-refractivity contribution in [1.29, 1.82) is 0 Å². The first-order valence-corrected chi connectivity index (χ1v) is 13.0. The number of aromatic nitrogens is 4. The number of carbonyl (C=O) groups excluding carboxylic acids is 1. The molecule has 1 aliphatic heterocycles. The van der Waals surface area contributed by atoms with Crippen LogP contribution in [0, 0.1) is 10.1 Å². The van der Waals surface area contributed by atoms with Crippen molar-refractivity contribution in [3.63, 3.8) is 0 Å². The zero-order valence-corrected chi connectivity index (χ0v) is 21.9. The lowest BCUT2D eigenvalue weighted by molar-refractivity contribution is -0.387. The summed E-state index contributed by atoms with van der Waals surface area (Å²) in [6.45, 7) is 5.55. The van der Waals surface area contributed by atoms with E-state index in [0.29, 0.717) is 35.3 Å². The zero-order valence-electron chi connectivity index (χ0n) is 21.1. The zero-order chi connectivity index (χ0) is 26.4. The van der Waals surface area contributed by atoms with Gasteiger partial charge < -0.3 is 9.64 Å². The quantitative estimate of drug-likeness (QED) is 0.222. The average molecular weight is 523 g/mol. The summed E-state index contributed by atoms with van der Waals surface area (Å²) in [5.74, 6) is 0.753. The highest BCUT2D eigenvalue weighted by atomic mass is 32.2. The Hall–Kier alpha value is -3.57. The van der Waals surface area contributed by atoms with E-state index >= 15 is 0 Å². The van der Waals surface area contributed by atoms with Crippen molar-refractivity contribution in [3.8, 4) is 0 Å². The van der Waals surface area contributed by atoms with E-state index in [9.17, 15) is 14.9 Å². The van der Waals surface area contributed by atoms with Crippen LogP contribution in [0.15, 0.2) is 58.3 Å². The molecule has 11 heteroatoms. The largest absolute Gasteiger partial charge is 0.361 e. The lowest BCUT2D eigenvalue weighted by Gasteiger charge is -2.30. The maximum Gasteiger partial charge on any atom is 0.283 e. The van der Waals surface area contributed by atoms with Crippen LogP contribution in [-0.2, 0) is 16.3 Å². The van der Waals surface area contributed by atoms with E-state index in [1.165, 1.54) is 28.7 Å². The first-order chi connectivity index (χ1) is 17.9. The fraction of sp³-hybridized carbons (Fsp3) is 0.385. The molecule has 0 spiro atoms. The normalized spacial score (nSPS) is 16.0. The van der Waals surface area contributed by atoms with Crippen LogP contribution in [0.25, 0.3) is 6.08 Å². The number of nitro benzene ring substituents is 1. The van der Waals surface area contributed by atoms with E-state index in [0.717, 1.165) is 23.3 Å². The van der Waals surface area contributed by atoms with Gasteiger partial charge in [0.15, 0.2) is 12.6 Å². The van der Waals surface area contributed by atoms with Gasteiger partial charge in [0.05, 0.1) is 9.82 Å². The van der Waals surface area contributed by atoms with Crippen molar-refractivity contribution >= 4 is 29.4 Å². The summed E-state index contributed by atoms with van der Waals surface area (Å²) in [6, 6.07) is 13.0. The molecule has 1 unspecified atom stereocenters. The molecule has 0 bridgehead atoms. The molecular formula is C26H30N6O4S. The Morgan fingerprint density at radius 1 is 1.27 bits per heavy atom. The Labute approximate surface area is 219 Å². The first-order valence-electron chi connectivity index (χ1n) is 12.1. The first kappa shape index (κ1) is 26.5. The van der Waals surface area contributed by atoms with Gasteiger partial charge in [0.2, 0.25) is 5.91 Å². The molecule has 194 valence electrons. The van der Waals surface area contributed by atoms with Gasteiger partial charge in [-0.3, -0.25) is 14.9 Å². The second-order valence-electron chi connectivity index (χ2n) is 9.17. The summed E-state index contributed by atoms with van der Waals surface area (Å²) < 4.78 is 5.02. The van der Waals surface area contributed by atoms with Crippen LogP contribution in [0.4, 0.5) is 5.69 Å². The predicted octanol–water partition coefficient (Wildman–Crippen LogP) is 4.88. The number of tetrazole rings is 1. The van der Waals surface area contributed by atoms with Crippen LogP contribution in [0.1, 0.15) is 55.5 Å². The number of carbonyl (C=O) groups is 1. The Morgan fingerprint density at radius 3 is 2.84 bits per heavy atom. The van der Waals surface area contributed by atoms with Gasteiger partial charge in [0.1, 0.15) is 0 Å². The third-order valence-corrected chi connectivity index (χ3v) is 7.33. The molecule has 1 amide bonds.